The van der Waals surface area contributed by atoms with E-state index in [1.165, 1.54) is 18.1 Å². The third kappa shape index (κ3) is 3.62. The van der Waals surface area contributed by atoms with Gasteiger partial charge in [0.2, 0.25) is 5.89 Å². The van der Waals surface area contributed by atoms with Gasteiger partial charge in [-0.1, -0.05) is 47.7 Å². The lowest BCUT2D eigenvalue weighted by Crippen LogP contribution is -2.07. The van der Waals surface area contributed by atoms with Crippen molar-refractivity contribution < 1.29 is 4.42 Å². The quantitative estimate of drug-likeness (QED) is 0.385. The molecule has 5 aromatic rings. The Morgan fingerprint density at radius 3 is 2.59 bits per heavy atom. The van der Waals surface area contributed by atoms with Crippen molar-refractivity contribution in [3.05, 3.63) is 87.8 Å². The Hall–Kier alpha value is -3.65. The van der Waals surface area contributed by atoms with E-state index >= 15 is 0 Å². The molecule has 0 saturated carbocycles. The lowest BCUT2D eigenvalue weighted by Gasteiger charge is -2.08. The number of hydrogen-bond acceptors (Lipinski definition) is 6. The molecule has 0 aliphatic rings. The number of nitrogens with one attached hydrogen (secondary N) is 1. The topological polar surface area (TPSA) is 89.6 Å². The molecular formula is C24H21N5O2S. The monoisotopic (exact) mass is 443 g/mol. The summed E-state index contributed by atoms with van der Waals surface area (Å²) in [7, 11) is 0. The van der Waals surface area contributed by atoms with E-state index in [9.17, 15) is 4.79 Å². The molecule has 0 atom stereocenters. The summed E-state index contributed by atoms with van der Waals surface area (Å²) in [6.07, 6.45) is 1.40. The summed E-state index contributed by atoms with van der Waals surface area (Å²) in [5.74, 6) is 1.93. The summed E-state index contributed by atoms with van der Waals surface area (Å²) in [5.41, 5.74) is 5.57. The van der Waals surface area contributed by atoms with Crippen LogP contribution in [0.15, 0.2) is 69.2 Å². The highest BCUT2D eigenvalue weighted by atomic mass is 32.2. The number of hydrogen-bond donors (Lipinski definition) is 1. The van der Waals surface area contributed by atoms with Crippen molar-refractivity contribution in [1.29, 1.82) is 0 Å². The number of aryl methyl sites for hydroxylation is 3. The smallest absolute Gasteiger partial charge is 0.278 e. The largest absolute Gasteiger partial charge is 0.441 e. The fraction of sp³-hybridized carbons (Fsp3) is 0.167. The number of imidazole rings is 1. The molecule has 3 aromatic heterocycles. The second kappa shape index (κ2) is 8.12. The van der Waals surface area contributed by atoms with Crippen LogP contribution in [0.2, 0.25) is 0 Å². The van der Waals surface area contributed by atoms with E-state index in [0.29, 0.717) is 28.0 Å². The van der Waals surface area contributed by atoms with E-state index < -0.39 is 0 Å². The summed E-state index contributed by atoms with van der Waals surface area (Å²) in [6.45, 7) is 5.99. The standard InChI is InChI=1S/C24H21N5O2S/c1-14-8-10-17(11-9-14)29-21-20(22(30)26-13-25-21)28-24(29)32-12-19-16(3)31-23(27-19)18-7-5-4-6-15(18)2/h4-11,13H,12H2,1-3H3,(H,25,26,30). The van der Waals surface area contributed by atoms with Crippen LogP contribution >= 0.6 is 11.8 Å². The average molecular weight is 444 g/mol. The minimum absolute atomic E-state index is 0.262. The number of aromatic amines is 1. The predicted molar refractivity (Wildman–Crippen MR) is 125 cm³/mol. The van der Waals surface area contributed by atoms with Crippen LogP contribution in [-0.2, 0) is 5.75 Å². The first-order valence-electron chi connectivity index (χ1n) is 10.2. The van der Waals surface area contributed by atoms with Gasteiger partial charge in [-0.2, -0.15) is 0 Å². The van der Waals surface area contributed by atoms with E-state index in [1.54, 1.807) is 0 Å². The molecule has 160 valence electrons. The molecular weight excluding hydrogens is 422 g/mol. The molecule has 0 aliphatic carbocycles. The second-order valence-electron chi connectivity index (χ2n) is 7.59. The molecule has 2 aromatic carbocycles. The van der Waals surface area contributed by atoms with Gasteiger partial charge < -0.3 is 9.40 Å². The van der Waals surface area contributed by atoms with Gasteiger partial charge in [0, 0.05) is 17.0 Å². The van der Waals surface area contributed by atoms with Crippen LogP contribution in [0.5, 0.6) is 0 Å². The maximum atomic E-state index is 12.3. The minimum Gasteiger partial charge on any atom is -0.441 e. The molecule has 7 nitrogen and oxygen atoms in total. The third-order valence-corrected chi connectivity index (χ3v) is 6.27. The zero-order valence-corrected chi connectivity index (χ0v) is 18.7. The lowest BCUT2D eigenvalue weighted by molar-refractivity contribution is 0.540. The van der Waals surface area contributed by atoms with Gasteiger partial charge >= 0.3 is 0 Å². The molecule has 0 fully saturated rings. The van der Waals surface area contributed by atoms with Crippen LogP contribution in [0.25, 0.3) is 28.3 Å². The third-order valence-electron chi connectivity index (χ3n) is 5.32. The van der Waals surface area contributed by atoms with Crippen molar-refractivity contribution >= 4 is 22.9 Å². The summed E-state index contributed by atoms with van der Waals surface area (Å²) < 4.78 is 7.87. The molecule has 0 bridgehead atoms. The molecule has 0 unspecified atom stereocenters. The zero-order valence-electron chi connectivity index (χ0n) is 17.9. The fourth-order valence-electron chi connectivity index (χ4n) is 3.53. The van der Waals surface area contributed by atoms with Gasteiger partial charge in [0.25, 0.3) is 5.56 Å². The van der Waals surface area contributed by atoms with Gasteiger partial charge in [0.1, 0.15) is 5.76 Å². The van der Waals surface area contributed by atoms with Gasteiger partial charge in [-0.3, -0.25) is 9.36 Å². The molecule has 3 heterocycles. The highest BCUT2D eigenvalue weighted by Crippen LogP contribution is 2.31. The SMILES string of the molecule is Cc1ccc(-n2c(SCc3nc(-c4ccccc4C)oc3C)nc3c(=O)[nH]cnc32)cc1. The number of benzene rings is 2. The van der Waals surface area contributed by atoms with E-state index in [2.05, 4.69) is 15.0 Å². The van der Waals surface area contributed by atoms with Gasteiger partial charge in [-0.25, -0.2) is 15.0 Å². The van der Waals surface area contributed by atoms with Crippen molar-refractivity contribution in [3.63, 3.8) is 0 Å². The first-order valence-corrected chi connectivity index (χ1v) is 11.2. The van der Waals surface area contributed by atoms with Crippen molar-refractivity contribution in [2.45, 2.75) is 31.7 Å². The molecule has 0 saturated heterocycles. The highest BCUT2D eigenvalue weighted by Gasteiger charge is 2.19. The first kappa shape index (κ1) is 20.3. The van der Waals surface area contributed by atoms with Crippen LogP contribution in [0.4, 0.5) is 0 Å². The number of oxazole rings is 1. The number of fused-ring (bicyclic) bond motifs is 1. The summed E-state index contributed by atoms with van der Waals surface area (Å²) in [4.78, 5) is 28.7. The molecule has 5 rings (SSSR count). The molecule has 32 heavy (non-hydrogen) atoms. The zero-order chi connectivity index (χ0) is 22.2. The van der Waals surface area contributed by atoms with Crippen LogP contribution in [-0.4, -0.2) is 24.5 Å². The Kier molecular flexibility index (Phi) is 5.14. The predicted octanol–water partition coefficient (Wildman–Crippen LogP) is 4.98. The minimum atomic E-state index is -0.262. The molecule has 0 spiro atoms. The lowest BCUT2D eigenvalue weighted by atomic mass is 10.1. The number of thioether (sulfide) groups is 1. The second-order valence-corrected chi connectivity index (χ2v) is 8.54. The normalized spacial score (nSPS) is 11.3. The molecule has 8 heteroatoms. The van der Waals surface area contributed by atoms with E-state index in [-0.39, 0.29) is 5.56 Å². The Labute approximate surface area is 188 Å². The molecule has 1 N–H and O–H groups in total. The van der Waals surface area contributed by atoms with Gasteiger partial charge in [0.15, 0.2) is 16.3 Å². The van der Waals surface area contributed by atoms with Crippen molar-refractivity contribution in [3.8, 4) is 17.1 Å². The summed E-state index contributed by atoms with van der Waals surface area (Å²) in [5, 5.41) is 0.674. The summed E-state index contributed by atoms with van der Waals surface area (Å²) in [6, 6.07) is 16.1. The highest BCUT2D eigenvalue weighted by molar-refractivity contribution is 7.98. The molecule has 0 aliphatic heterocycles. The van der Waals surface area contributed by atoms with Crippen LogP contribution in [0, 0.1) is 20.8 Å². The Morgan fingerprint density at radius 1 is 1.03 bits per heavy atom. The van der Waals surface area contributed by atoms with Crippen LogP contribution < -0.4 is 5.56 Å². The fourth-order valence-corrected chi connectivity index (χ4v) is 4.54. The number of nitrogens with zero attached hydrogens (tertiary/aromatic N) is 4. The number of aromatic nitrogens is 5. The average Bonchev–Trinajstić information content (AvgIpc) is 3.34. The first-order chi connectivity index (χ1) is 15.5. The van der Waals surface area contributed by atoms with Crippen LogP contribution in [0.1, 0.15) is 22.6 Å². The van der Waals surface area contributed by atoms with E-state index in [1.807, 2.05) is 73.9 Å². The van der Waals surface area contributed by atoms with Gasteiger partial charge in [-0.05, 0) is 44.5 Å². The maximum absolute atomic E-state index is 12.3. The Bertz CT molecular complexity index is 1480. The number of rotatable bonds is 5. The van der Waals surface area contributed by atoms with Crippen molar-refractivity contribution in [1.82, 2.24) is 24.5 Å². The van der Waals surface area contributed by atoms with Crippen molar-refractivity contribution in [2.75, 3.05) is 0 Å². The van der Waals surface area contributed by atoms with Gasteiger partial charge in [0.05, 0.1) is 12.0 Å². The molecule has 0 radical (unpaired) electrons. The van der Waals surface area contributed by atoms with E-state index in [4.69, 9.17) is 9.40 Å². The van der Waals surface area contributed by atoms with Gasteiger partial charge in [-0.15, -0.1) is 0 Å². The summed E-state index contributed by atoms with van der Waals surface area (Å²) >= 11 is 1.50. The van der Waals surface area contributed by atoms with Crippen molar-refractivity contribution in [2.24, 2.45) is 0 Å². The Balaban J connectivity index is 1.52. The Morgan fingerprint density at radius 2 is 1.81 bits per heavy atom. The van der Waals surface area contributed by atoms with E-state index in [0.717, 1.165) is 33.8 Å². The molecule has 0 amide bonds. The van der Waals surface area contributed by atoms with Crippen LogP contribution in [0.3, 0.4) is 0 Å². The maximum Gasteiger partial charge on any atom is 0.278 e. The number of H-pyrrole nitrogens is 1.